The minimum absolute atomic E-state index is 0.00344. The first kappa shape index (κ1) is 63.0. The third-order valence-electron chi connectivity index (χ3n) is 19.5. The summed E-state index contributed by atoms with van der Waals surface area (Å²) in [5.74, 6) is 0. The SMILES string of the molecule is CCCCCCCCc1ccc(N(c2ccc(-c3cccc(-c4ccc(N(c5ccccc5)c5ccccc5)cc4)c3)cc2)c2ccc(-c3ccc(N(c4ccccc4)c4ccc5c(c4)C(CCCCCC)(CCCCCC)c4ccccc4-5)cc3C)c(C)c2)cc1. The molecule has 0 aliphatic heterocycles. The van der Waals surface area contributed by atoms with Crippen molar-refractivity contribution >= 4 is 51.2 Å². The molecule has 0 bridgehead atoms. The average molecular weight is 1200 g/mol. The van der Waals surface area contributed by atoms with Gasteiger partial charge in [0.2, 0.25) is 0 Å². The second-order valence-electron chi connectivity index (χ2n) is 25.8. The van der Waals surface area contributed by atoms with Gasteiger partial charge in [0, 0.05) is 56.6 Å². The molecule has 0 atom stereocenters. The molecule has 0 aromatic heterocycles. The molecule has 0 saturated carbocycles. The molecular formula is C89H93N3. The van der Waals surface area contributed by atoms with Crippen molar-refractivity contribution in [2.24, 2.45) is 0 Å². The maximum absolute atomic E-state index is 2.58. The van der Waals surface area contributed by atoms with Crippen LogP contribution in [-0.2, 0) is 11.8 Å². The van der Waals surface area contributed by atoms with Crippen LogP contribution >= 0.6 is 0 Å². The van der Waals surface area contributed by atoms with Crippen molar-refractivity contribution < 1.29 is 0 Å². The number of unbranched alkanes of at least 4 members (excludes halogenated alkanes) is 11. The maximum Gasteiger partial charge on any atom is 0.0465 e. The molecule has 0 amide bonds. The Morgan fingerprint density at radius 3 is 1.09 bits per heavy atom. The summed E-state index contributed by atoms with van der Waals surface area (Å²) >= 11 is 0. The highest BCUT2D eigenvalue weighted by Crippen LogP contribution is 2.56. The van der Waals surface area contributed by atoms with Crippen LogP contribution in [0.3, 0.4) is 0 Å². The number of benzene rings is 11. The summed E-state index contributed by atoms with van der Waals surface area (Å²) in [6, 6.07) is 99.8. The van der Waals surface area contributed by atoms with Gasteiger partial charge in [-0.15, -0.1) is 0 Å². The van der Waals surface area contributed by atoms with E-state index in [1.807, 2.05) is 0 Å². The third-order valence-corrected chi connectivity index (χ3v) is 19.5. The van der Waals surface area contributed by atoms with Crippen LogP contribution in [0.1, 0.15) is 151 Å². The summed E-state index contributed by atoms with van der Waals surface area (Å²) in [6.45, 7) is 11.5. The highest BCUT2D eigenvalue weighted by molar-refractivity contribution is 5.88. The summed E-state index contributed by atoms with van der Waals surface area (Å²) in [5.41, 5.74) is 27.4. The second-order valence-corrected chi connectivity index (χ2v) is 25.8. The van der Waals surface area contributed by atoms with E-state index in [0.29, 0.717) is 0 Å². The van der Waals surface area contributed by atoms with Gasteiger partial charge in [-0.2, -0.15) is 0 Å². The van der Waals surface area contributed by atoms with Gasteiger partial charge in [-0.25, -0.2) is 0 Å². The van der Waals surface area contributed by atoms with Gasteiger partial charge in [0.05, 0.1) is 0 Å². The molecule has 1 aliphatic rings. The van der Waals surface area contributed by atoms with E-state index >= 15 is 0 Å². The molecule has 0 spiro atoms. The molecule has 12 rings (SSSR count). The van der Waals surface area contributed by atoms with Gasteiger partial charge >= 0.3 is 0 Å². The fourth-order valence-corrected chi connectivity index (χ4v) is 14.6. The van der Waals surface area contributed by atoms with Gasteiger partial charge in [0.1, 0.15) is 0 Å². The van der Waals surface area contributed by atoms with Crippen molar-refractivity contribution in [1.29, 1.82) is 0 Å². The Morgan fingerprint density at radius 1 is 0.250 bits per heavy atom. The standard InChI is InChI=1S/C89H93N3/c1-6-9-12-15-16-20-32-69-43-49-77(50-44-69)91(79-53-47-71(48-54-79)73-34-31-33-72(65-73)70-45-51-78(52-46-70)90(74-35-21-17-22-36-74)75-37-23-18-24-38-75)80-55-58-83(67(4)63-80)84-59-56-81(64-68(84)5)92(76-39-25-19-26-40-76)82-57-60-86-85-41-27-28-42-87(85)89(88(86)66-82,61-29-13-10-7-2)62-30-14-11-8-3/h17-19,21-28,31,33-60,63-66H,6-16,20,29-30,32,61-62H2,1-5H3. The number of aryl methyl sites for hydroxylation is 3. The van der Waals surface area contributed by atoms with Crippen molar-refractivity contribution in [3.05, 3.63) is 295 Å². The van der Waals surface area contributed by atoms with Crippen LogP contribution in [0.4, 0.5) is 51.2 Å². The summed E-state index contributed by atoms with van der Waals surface area (Å²) in [6.07, 6.45) is 21.5. The van der Waals surface area contributed by atoms with E-state index in [0.717, 1.165) is 40.5 Å². The van der Waals surface area contributed by atoms with Crippen molar-refractivity contribution in [1.82, 2.24) is 0 Å². The largest absolute Gasteiger partial charge is 0.311 e. The first-order valence-electron chi connectivity index (χ1n) is 34.8. The zero-order valence-electron chi connectivity index (χ0n) is 55.3. The Bertz CT molecular complexity index is 4080. The van der Waals surface area contributed by atoms with Gasteiger partial charge in [0.25, 0.3) is 0 Å². The van der Waals surface area contributed by atoms with Crippen LogP contribution in [0, 0.1) is 13.8 Å². The smallest absolute Gasteiger partial charge is 0.0465 e. The number of hydrogen-bond donors (Lipinski definition) is 0. The van der Waals surface area contributed by atoms with E-state index in [1.54, 1.807) is 0 Å². The fourth-order valence-electron chi connectivity index (χ4n) is 14.6. The summed E-state index contributed by atoms with van der Waals surface area (Å²) < 4.78 is 0. The first-order valence-corrected chi connectivity index (χ1v) is 34.8. The third kappa shape index (κ3) is 14.1. The topological polar surface area (TPSA) is 9.72 Å². The Hall–Kier alpha value is -9.18. The molecule has 0 radical (unpaired) electrons. The minimum Gasteiger partial charge on any atom is -0.311 e. The molecule has 3 nitrogen and oxygen atoms in total. The van der Waals surface area contributed by atoms with Crippen LogP contribution in [0.2, 0.25) is 0 Å². The van der Waals surface area contributed by atoms with Crippen LogP contribution in [-0.4, -0.2) is 0 Å². The lowest BCUT2D eigenvalue weighted by molar-refractivity contribution is 0.401. The lowest BCUT2D eigenvalue weighted by atomic mass is 9.70. The van der Waals surface area contributed by atoms with E-state index in [-0.39, 0.29) is 5.41 Å². The number of anilines is 9. The molecule has 11 aromatic carbocycles. The zero-order chi connectivity index (χ0) is 63.1. The molecule has 3 heteroatoms. The molecule has 1 aliphatic carbocycles. The molecule has 464 valence electrons. The van der Waals surface area contributed by atoms with E-state index in [1.165, 1.54) is 192 Å². The summed E-state index contributed by atoms with van der Waals surface area (Å²) in [5, 5.41) is 0. The van der Waals surface area contributed by atoms with Crippen molar-refractivity contribution in [2.45, 2.75) is 149 Å². The molecule has 92 heavy (non-hydrogen) atoms. The molecular weight excluding hydrogens is 1110 g/mol. The Balaban J connectivity index is 0.843. The molecule has 11 aromatic rings. The maximum atomic E-state index is 2.58. The van der Waals surface area contributed by atoms with Gasteiger partial charge in [-0.05, 0) is 227 Å². The monoisotopic (exact) mass is 1200 g/mol. The van der Waals surface area contributed by atoms with Gasteiger partial charge in [-0.1, -0.05) is 256 Å². The number of fused-ring (bicyclic) bond motifs is 3. The van der Waals surface area contributed by atoms with Crippen LogP contribution < -0.4 is 14.7 Å². The Morgan fingerprint density at radius 2 is 0.609 bits per heavy atom. The van der Waals surface area contributed by atoms with Gasteiger partial charge in [0.15, 0.2) is 0 Å². The van der Waals surface area contributed by atoms with Gasteiger partial charge in [-0.3, -0.25) is 0 Å². The minimum atomic E-state index is 0.00344. The fraction of sp³-hybridized carbons (Fsp3) is 0.258. The number of rotatable bonds is 29. The zero-order valence-corrected chi connectivity index (χ0v) is 55.3. The normalized spacial score (nSPS) is 12.1. The molecule has 0 fully saturated rings. The number of hydrogen-bond acceptors (Lipinski definition) is 3. The summed E-state index contributed by atoms with van der Waals surface area (Å²) in [7, 11) is 0. The average Bonchev–Trinajstić information content (AvgIpc) is 1.56. The summed E-state index contributed by atoms with van der Waals surface area (Å²) in [4.78, 5) is 7.25. The van der Waals surface area contributed by atoms with Crippen molar-refractivity contribution in [2.75, 3.05) is 14.7 Å². The molecule has 0 N–H and O–H groups in total. The highest BCUT2D eigenvalue weighted by atomic mass is 15.2. The molecule has 0 heterocycles. The number of nitrogens with zero attached hydrogens (tertiary/aromatic N) is 3. The van der Waals surface area contributed by atoms with Crippen molar-refractivity contribution in [3.63, 3.8) is 0 Å². The lowest BCUT2D eigenvalue weighted by Crippen LogP contribution is -2.26. The predicted octanol–water partition coefficient (Wildman–Crippen LogP) is 26.8. The van der Waals surface area contributed by atoms with Crippen molar-refractivity contribution in [3.8, 4) is 44.5 Å². The van der Waals surface area contributed by atoms with E-state index < -0.39 is 0 Å². The van der Waals surface area contributed by atoms with Crippen LogP contribution in [0.5, 0.6) is 0 Å². The van der Waals surface area contributed by atoms with E-state index in [2.05, 4.69) is 316 Å². The van der Waals surface area contributed by atoms with E-state index in [4.69, 9.17) is 0 Å². The first-order chi connectivity index (χ1) is 45.3. The van der Waals surface area contributed by atoms with Gasteiger partial charge < -0.3 is 14.7 Å². The quantitative estimate of drug-likeness (QED) is 0.0433. The predicted molar refractivity (Wildman–Crippen MR) is 397 cm³/mol. The molecule has 0 saturated heterocycles. The highest BCUT2D eigenvalue weighted by Gasteiger charge is 2.42. The molecule has 0 unspecified atom stereocenters. The second kappa shape index (κ2) is 30.3. The number of para-hydroxylation sites is 3. The van der Waals surface area contributed by atoms with E-state index in [9.17, 15) is 0 Å². The Kier molecular flexibility index (Phi) is 20.7. The lowest BCUT2D eigenvalue weighted by Gasteiger charge is -2.34. The Labute approximate surface area is 551 Å². The van der Waals surface area contributed by atoms with Crippen LogP contribution in [0.15, 0.2) is 267 Å². The van der Waals surface area contributed by atoms with Crippen LogP contribution in [0.25, 0.3) is 44.5 Å².